The summed E-state index contributed by atoms with van der Waals surface area (Å²) in [7, 11) is 0. The summed E-state index contributed by atoms with van der Waals surface area (Å²) < 4.78 is 24.8. The molecule has 0 saturated heterocycles. The first-order chi connectivity index (χ1) is 14.3. The van der Waals surface area contributed by atoms with Crippen LogP contribution in [-0.2, 0) is 25.5 Å². The summed E-state index contributed by atoms with van der Waals surface area (Å²) in [5.74, 6) is -1.76. The third-order valence-corrected chi connectivity index (χ3v) is 4.14. The normalized spacial score (nSPS) is 10.1. The van der Waals surface area contributed by atoms with Gasteiger partial charge in [0.2, 0.25) is 11.8 Å². The molecule has 0 saturated carbocycles. The molecule has 0 fully saturated rings. The summed E-state index contributed by atoms with van der Waals surface area (Å²) in [6.45, 7) is 4.45. The number of amides is 2. The number of carbonyl (C=O) groups is 3. The Bertz CT molecular complexity index is 964. The number of hydrogen-bond donors (Lipinski definition) is 2. The minimum Gasteiger partial charge on any atom is -0.480 e. The number of rotatable bonds is 9. The number of anilines is 2. The maximum atomic E-state index is 14.0. The molecule has 158 valence electrons. The predicted octanol–water partition coefficient (Wildman–Crippen LogP) is 3.84. The molecular weight excluding hydrogens is 459 g/mol. The van der Waals surface area contributed by atoms with Gasteiger partial charge in [-0.25, -0.2) is 9.18 Å². The quantitative estimate of drug-likeness (QED) is 0.421. The van der Waals surface area contributed by atoms with Crippen molar-refractivity contribution >= 4 is 45.1 Å². The van der Waals surface area contributed by atoms with Gasteiger partial charge in [0.1, 0.15) is 18.2 Å². The molecule has 0 radical (unpaired) electrons. The fourth-order valence-corrected chi connectivity index (χ4v) is 2.73. The van der Waals surface area contributed by atoms with Crippen LogP contribution in [0.3, 0.4) is 0 Å². The third kappa shape index (κ3) is 7.32. The second-order valence-corrected chi connectivity index (χ2v) is 7.03. The summed E-state index contributed by atoms with van der Waals surface area (Å²) in [5.41, 5.74) is 0.832. The molecule has 2 aromatic rings. The minimum atomic E-state index is -0.616. The first-order valence-corrected chi connectivity index (χ1v) is 9.62. The van der Waals surface area contributed by atoms with E-state index in [-0.39, 0.29) is 35.9 Å². The molecule has 2 amide bonds. The Labute approximate surface area is 181 Å². The third-order valence-electron chi connectivity index (χ3n) is 3.65. The van der Waals surface area contributed by atoms with Gasteiger partial charge < -0.3 is 20.1 Å². The Balaban J connectivity index is 2.16. The Morgan fingerprint density at radius 1 is 1.17 bits per heavy atom. The van der Waals surface area contributed by atoms with Crippen molar-refractivity contribution in [2.24, 2.45) is 0 Å². The van der Waals surface area contributed by atoms with Gasteiger partial charge in [0, 0.05) is 17.1 Å². The standard InChI is InChI=1S/C21H20BrFN2O5/c1-3-8-29-21(28)12-30-19-7-6-16(24-13(2)26)11-18(19)25-20(27)9-14-4-5-15(22)10-17(14)23/h3-7,10-11H,1,8-9,12H2,2H3,(H,24,26)(H,25,27). The Morgan fingerprint density at radius 3 is 2.60 bits per heavy atom. The van der Waals surface area contributed by atoms with E-state index in [1.54, 1.807) is 12.1 Å². The minimum absolute atomic E-state index is 0.0476. The van der Waals surface area contributed by atoms with E-state index in [1.807, 2.05) is 0 Å². The summed E-state index contributed by atoms with van der Waals surface area (Å²) >= 11 is 3.16. The van der Waals surface area contributed by atoms with Crippen molar-refractivity contribution in [2.75, 3.05) is 23.8 Å². The number of esters is 1. The van der Waals surface area contributed by atoms with Crippen LogP contribution in [0, 0.1) is 5.82 Å². The summed E-state index contributed by atoms with van der Waals surface area (Å²) in [4.78, 5) is 35.4. The van der Waals surface area contributed by atoms with Crippen molar-refractivity contribution in [3.8, 4) is 5.75 Å². The first kappa shape index (κ1) is 23.1. The van der Waals surface area contributed by atoms with Gasteiger partial charge >= 0.3 is 5.97 Å². The van der Waals surface area contributed by atoms with Crippen molar-refractivity contribution in [3.05, 3.63) is 64.9 Å². The van der Waals surface area contributed by atoms with Crippen molar-refractivity contribution in [2.45, 2.75) is 13.3 Å². The van der Waals surface area contributed by atoms with Crippen LogP contribution in [0.15, 0.2) is 53.5 Å². The molecule has 0 spiro atoms. The molecule has 0 aliphatic rings. The van der Waals surface area contributed by atoms with E-state index in [4.69, 9.17) is 9.47 Å². The molecule has 30 heavy (non-hydrogen) atoms. The molecule has 0 bridgehead atoms. The second-order valence-electron chi connectivity index (χ2n) is 6.11. The average molecular weight is 479 g/mol. The highest BCUT2D eigenvalue weighted by Crippen LogP contribution is 2.29. The van der Waals surface area contributed by atoms with Crippen molar-refractivity contribution in [1.82, 2.24) is 0 Å². The van der Waals surface area contributed by atoms with Crippen LogP contribution in [-0.4, -0.2) is 31.0 Å². The lowest BCUT2D eigenvalue weighted by Gasteiger charge is -2.14. The SMILES string of the molecule is C=CCOC(=O)COc1ccc(NC(C)=O)cc1NC(=O)Cc1ccc(Br)cc1F. The van der Waals surface area contributed by atoms with Crippen LogP contribution < -0.4 is 15.4 Å². The lowest BCUT2D eigenvalue weighted by molar-refractivity contribution is -0.144. The van der Waals surface area contributed by atoms with Crippen LogP contribution in [0.25, 0.3) is 0 Å². The topological polar surface area (TPSA) is 93.7 Å². The van der Waals surface area contributed by atoms with Gasteiger partial charge in [0.25, 0.3) is 0 Å². The van der Waals surface area contributed by atoms with Gasteiger partial charge in [0.05, 0.1) is 12.1 Å². The predicted molar refractivity (Wildman–Crippen MR) is 114 cm³/mol. The lowest BCUT2D eigenvalue weighted by Crippen LogP contribution is -2.18. The van der Waals surface area contributed by atoms with E-state index < -0.39 is 24.3 Å². The number of nitrogens with one attached hydrogen (secondary N) is 2. The number of ether oxygens (including phenoxy) is 2. The number of hydrogen-bond acceptors (Lipinski definition) is 5. The van der Waals surface area contributed by atoms with Crippen molar-refractivity contribution in [3.63, 3.8) is 0 Å². The van der Waals surface area contributed by atoms with Gasteiger partial charge in [-0.05, 0) is 35.9 Å². The number of carbonyl (C=O) groups excluding carboxylic acids is 3. The van der Waals surface area contributed by atoms with E-state index in [0.29, 0.717) is 10.2 Å². The average Bonchev–Trinajstić information content (AvgIpc) is 2.67. The van der Waals surface area contributed by atoms with Gasteiger partial charge in [-0.15, -0.1) is 0 Å². The fraction of sp³-hybridized carbons (Fsp3) is 0.190. The van der Waals surface area contributed by atoms with Crippen LogP contribution in [0.5, 0.6) is 5.75 Å². The molecule has 0 heterocycles. The molecule has 2 N–H and O–H groups in total. The smallest absolute Gasteiger partial charge is 0.344 e. The zero-order chi connectivity index (χ0) is 22.1. The maximum Gasteiger partial charge on any atom is 0.344 e. The zero-order valence-electron chi connectivity index (χ0n) is 16.2. The first-order valence-electron chi connectivity index (χ1n) is 8.83. The molecule has 0 atom stereocenters. The molecule has 7 nitrogen and oxygen atoms in total. The largest absolute Gasteiger partial charge is 0.480 e. The molecular formula is C21H20BrFN2O5. The fourth-order valence-electron chi connectivity index (χ4n) is 2.40. The molecule has 0 aromatic heterocycles. The van der Waals surface area contributed by atoms with Gasteiger partial charge in [-0.2, -0.15) is 0 Å². The highest BCUT2D eigenvalue weighted by molar-refractivity contribution is 9.10. The van der Waals surface area contributed by atoms with E-state index in [1.165, 1.54) is 37.3 Å². The molecule has 0 unspecified atom stereocenters. The zero-order valence-corrected chi connectivity index (χ0v) is 17.8. The summed E-state index contributed by atoms with van der Waals surface area (Å²) in [5, 5.41) is 5.21. The summed E-state index contributed by atoms with van der Waals surface area (Å²) in [6, 6.07) is 8.91. The van der Waals surface area contributed by atoms with Crippen LogP contribution >= 0.6 is 15.9 Å². The van der Waals surface area contributed by atoms with Crippen LogP contribution in [0.1, 0.15) is 12.5 Å². The molecule has 0 aliphatic carbocycles. The van der Waals surface area contributed by atoms with Gasteiger partial charge in [-0.3, -0.25) is 9.59 Å². The highest BCUT2D eigenvalue weighted by Gasteiger charge is 2.14. The number of benzene rings is 2. The molecule has 9 heteroatoms. The Kier molecular flexibility index (Phi) is 8.54. The highest BCUT2D eigenvalue weighted by atomic mass is 79.9. The summed E-state index contributed by atoms with van der Waals surface area (Å²) in [6.07, 6.45) is 1.21. The van der Waals surface area contributed by atoms with E-state index in [9.17, 15) is 18.8 Å². The van der Waals surface area contributed by atoms with E-state index in [0.717, 1.165) is 0 Å². The Morgan fingerprint density at radius 2 is 1.93 bits per heavy atom. The number of halogens is 2. The van der Waals surface area contributed by atoms with E-state index in [2.05, 4.69) is 33.1 Å². The van der Waals surface area contributed by atoms with Crippen molar-refractivity contribution in [1.29, 1.82) is 0 Å². The monoisotopic (exact) mass is 478 g/mol. The van der Waals surface area contributed by atoms with Gasteiger partial charge in [0.15, 0.2) is 6.61 Å². The van der Waals surface area contributed by atoms with Crippen LogP contribution in [0.4, 0.5) is 15.8 Å². The van der Waals surface area contributed by atoms with E-state index >= 15 is 0 Å². The second kappa shape index (κ2) is 11.1. The molecule has 2 rings (SSSR count). The van der Waals surface area contributed by atoms with Crippen LogP contribution in [0.2, 0.25) is 0 Å². The molecule has 0 aliphatic heterocycles. The molecule has 2 aromatic carbocycles. The maximum absolute atomic E-state index is 14.0. The van der Waals surface area contributed by atoms with Crippen molar-refractivity contribution < 1.29 is 28.2 Å². The Hall–Kier alpha value is -3.20. The lowest BCUT2D eigenvalue weighted by atomic mass is 10.1. The van der Waals surface area contributed by atoms with Gasteiger partial charge in [-0.1, -0.05) is 34.7 Å².